The molecule has 2 rings (SSSR count). The molecule has 0 fully saturated rings. The fourth-order valence-corrected chi connectivity index (χ4v) is 1.68. The highest BCUT2D eigenvalue weighted by atomic mass is 16.4. The number of urea groups is 1. The van der Waals surface area contributed by atoms with Gasteiger partial charge in [-0.05, 0) is 10.8 Å². The second kappa shape index (κ2) is 6.46. The van der Waals surface area contributed by atoms with E-state index in [0.717, 1.165) is 5.56 Å². The molecule has 1 heterocycles. The molecule has 0 aliphatic rings. The molecular formula is C12H14N6O3. The van der Waals surface area contributed by atoms with Crippen molar-refractivity contribution in [2.75, 3.05) is 5.32 Å². The van der Waals surface area contributed by atoms with Crippen LogP contribution in [0, 0.1) is 0 Å². The molecule has 0 saturated heterocycles. The van der Waals surface area contributed by atoms with E-state index in [4.69, 9.17) is 5.11 Å². The predicted molar refractivity (Wildman–Crippen MR) is 72.5 cm³/mol. The van der Waals surface area contributed by atoms with Crippen molar-refractivity contribution >= 4 is 17.9 Å². The van der Waals surface area contributed by atoms with Crippen LogP contribution in [0.5, 0.6) is 0 Å². The van der Waals surface area contributed by atoms with E-state index < -0.39 is 18.0 Å². The SMILES string of the molecule is Cn1nnc(NC(=O)NC(Cc2ccccc2)C(=O)O)n1. The number of benzene rings is 1. The van der Waals surface area contributed by atoms with Crippen LogP contribution in [0.1, 0.15) is 5.56 Å². The molecular weight excluding hydrogens is 276 g/mol. The summed E-state index contributed by atoms with van der Waals surface area (Å²) in [7, 11) is 1.55. The number of nitrogens with zero attached hydrogens (tertiary/aromatic N) is 4. The minimum Gasteiger partial charge on any atom is -0.480 e. The van der Waals surface area contributed by atoms with Crippen LogP contribution in [0.2, 0.25) is 0 Å². The van der Waals surface area contributed by atoms with Crippen molar-refractivity contribution in [2.24, 2.45) is 7.05 Å². The quantitative estimate of drug-likeness (QED) is 0.714. The van der Waals surface area contributed by atoms with Gasteiger partial charge in [-0.2, -0.15) is 4.80 Å². The van der Waals surface area contributed by atoms with Gasteiger partial charge in [0.25, 0.3) is 5.95 Å². The molecule has 0 radical (unpaired) electrons. The summed E-state index contributed by atoms with van der Waals surface area (Å²) < 4.78 is 0. The van der Waals surface area contributed by atoms with E-state index in [2.05, 4.69) is 26.0 Å². The van der Waals surface area contributed by atoms with Crippen molar-refractivity contribution in [1.29, 1.82) is 0 Å². The number of carboxylic acid groups (broad SMARTS) is 1. The molecule has 110 valence electrons. The van der Waals surface area contributed by atoms with Crippen molar-refractivity contribution < 1.29 is 14.7 Å². The van der Waals surface area contributed by atoms with E-state index in [0.29, 0.717) is 0 Å². The summed E-state index contributed by atoms with van der Waals surface area (Å²) >= 11 is 0. The number of carboxylic acids is 1. The lowest BCUT2D eigenvalue weighted by molar-refractivity contribution is -0.139. The van der Waals surface area contributed by atoms with Gasteiger partial charge in [0.15, 0.2) is 0 Å². The number of anilines is 1. The van der Waals surface area contributed by atoms with Gasteiger partial charge in [0.2, 0.25) is 0 Å². The standard InChI is InChI=1S/C12H14N6O3/c1-18-16-11(15-17-18)14-12(21)13-9(10(19)20)7-8-5-3-2-4-6-8/h2-6,9H,7H2,1H3,(H,19,20)(H2,13,14,16,21). The Morgan fingerprint density at radius 2 is 2.05 bits per heavy atom. The second-order valence-corrected chi connectivity index (χ2v) is 4.28. The Morgan fingerprint density at radius 1 is 1.33 bits per heavy atom. The number of carbonyl (C=O) groups excluding carboxylic acids is 1. The Balaban J connectivity index is 1.96. The molecule has 1 unspecified atom stereocenters. The second-order valence-electron chi connectivity index (χ2n) is 4.28. The van der Waals surface area contributed by atoms with Gasteiger partial charge in [-0.15, -0.1) is 5.10 Å². The fraction of sp³-hybridized carbons (Fsp3) is 0.250. The number of rotatable bonds is 5. The molecule has 9 heteroatoms. The first-order valence-corrected chi connectivity index (χ1v) is 6.13. The maximum absolute atomic E-state index is 11.7. The summed E-state index contributed by atoms with van der Waals surface area (Å²) in [6.07, 6.45) is 0.178. The van der Waals surface area contributed by atoms with Crippen LogP contribution in [0.3, 0.4) is 0 Å². The lowest BCUT2D eigenvalue weighted by Gasteiger charge is -2.14. The van der Waals surface area contributed by atoms with E-state index in [1.807, 2.05) is 6.07 Å². The number of hydrogen-bond donors (Lipinski definition) is 3. The molecule has 0 aliphatic heterocycles. The molecule has 21 heavy (non-hydrogen) atoms. The number of nitrogens with one attached hydrogen (secondary N) is 2. The third-order valence-electron chi connectivity index (χ3n) is 2.62. The van der Waals surface area contributed by atoms with Gasteiger partial charge < -0.3 is 10.4 Å². The summed E-state index contributed by atoms with van der Waals surface area (Å²) in [5, 5.41) is 24.7. The Bertz CT molecular complexity index is 627. The lowest BCUT2D eigenvalue weighted by Crippen LogP contribution is -2.44. The number of hydrogen-bond acceptors (Lipinski definition) is 5. The van der Waals surface area contributed by atoms with Gasteiger partial charge >= 0.3 is 12.0 Å². The average molecular weight is 290 g/mol. The number of tetrazole rings is 1. The smallest absolute Gasteiger partial charge is 0.326 e. The molecule has 9 nitrogen and oxygen atoms in total. The highest BCUT2D eigenvalue weighted by molar-refractivity contribution is 5.90. The highest BCUT2D eigenvalue weighted by Gasteiger charge is 2.21. The molecule has 1 atom stereocenters. The Labute approximate surface area is 120 Å². The first kappa shape index (κ1) is 14.4. The highest BCUT2D eigenvalue weighted by Crippen LogP contribution is 2.04. The van der Waals surface area contributed by atoms with Gasteiger partial charge in [0.1, 0.15) is 6.04 Å². The zero-order valence-corrected chi connectivity index (χ0v) is 11.2. The summed E-state index contributed by atoms with van der Waals surface area (Å²) in [6, 6.07) is 7.27. The maximum atomic E-state index is 11.7. The molecule has 2 aromatic rings. The minimum absolute atomic E-state index is 0.00106. The number of carbonyl (C=O) groups is 2. The van der Waals surface area contributed by atoms with E-state index in [9.17, 15) is 9.59 Å². The van der Waals surface area contributed by atoms with E-state index in [-0.39, 0.29) is 12.4 Å². The van der Waals surface area contributed by atoms with Crippen LogP contribution in [0.15, 0.2) is 30.3 Å². The Kier molecular flexibility index (Phi) is 4.44. The fourth-order valence-electron chi connectivity index (χ4n) is 1.68. The van der Waals surface area contributed by atoms with Gasteiger partial charge in [0, 0.05) is 6.42 Å². The van der Waals surface area contributed by atoms with Crippen molar-refractivity contribution in [1.82, 2.24) is 25.5 Å². The van der Waals surface area contributed by atoms with Crippen molar-refractivity contribution in [3.8, 4) is 0 Å². The summed E-state index contributed by atoms with van der Waals surface area (Å²) in [6.45, 7) is 0. The molecule has 0 aliphatic carbocycles. The van der Waals surface area contributed by atoms with Crippen molar-refractivity contribution in [3.05, 3.63) is 35.9 Å². The molecule has 0 bridgehead atoms. The zero-order chi connectivity index (χ0) is 15.2. The van der Waals surface area contributed by atoms with E-state index in [1.54, 1.807) is 31.3 Å². The number of amides is 2. The Morgan fingerprint density at radius 3 is 2.62 bits per heavy atom. The van der Waals surface area contributed by atoms with Gasteiger partial charge in [-0.3, -0.25) is 5.32 Å². The van der Waals surface area contributed by atoms with Gasteiger partial charge in [0.05, 0.1) is 7.05 Å². The molecule has 3 N–H and O–H groups in total. The van der Waals surface area contributed by atoms with Crippen LogP contribution in [-0.2, 0) is 18.3 Å². The molecule has 0 spiro atoms. The number of aromatic nitrogens is 4. The van der Waals surface area contributed by atoms with Crippen LogP contribution in [-0.4, -0.2) is 43.4 Å². The lowest BCUT2D eigenvalue weighted by atomic mass is 10.1. The summed E-state index contributed by atoms with van der Waals surface area (Å²) in [5.41, 5.74) is 0.808. The zero-order valence-electron chi connectivity index (χ0n) is 11.2. The molecule has 2 amide bonds. The predicted octanol–water partition coefficient (Wildman–Crippen LogP) is 0.0275. The third-order valence-corrected chi connectivity index (χ3v) is 2.62. The van der Waals surface area contributed by atoms with Crippen LogP contribution < -0.4 is 10.6 Å². The first-order chi connectivity index (χ1) is 10.0. The topological polar surface area (TPSA) is 122 Å². The summed E-state index contributed by atoms with van der Waals surface area (Å²) in [5.74, 6) is -1.13. The largest absolute Gasteiger partial charge is 0.480 e. The third kappa shape index (κ3) is 4.27. The van der Waals surface area contributed by atoms with Crippen LogP contribution >= 0.6 is 0 Å². The van der Waals surface area contributed by atoms with E-state index >= 15 is 0 Å². The Hall–Kier alpha value is -2.97. The van der Waals surface area contributed by atoms with Crippen molar-refractivity contribution in [2.45, 2.75) is 12.5 Å². The van der Waals surface area contributed by atoms with Gasteiger partial charge in [-0.1, -0.05) is 35.4 Å². The normalized spacial score (nSPS) is 11.7. The van der Waals surface area contributed by atoms with E-state index in [1.165, 1.54) is 4.80 Å². The maximum Gasteiger partial charge on any atom is 0.326 e. The molecule has 0 saturated carbocycles. The molecule has 1 aromatic carbocycles. The summed E-state index contributed by atoms with van der Waals surface area (Å²) in [4.78, 5) is 24.1. The van der Waals surface area contributed by atoms with Crippen LogP contribution in [0.4, 0.5) is 10.7 Å². The number of aliphatic carboxylic acids is 1. The molecule has 1 aromatic heterocycles. The minimum atomic E-state index is -1.12. The number of aryl methyl sites for hydroxylation is 1. The van der Waals surface area contributed by atoms with Crippen molar-refractivity contribution in [3.63, 3.8) is 0 Å². The monoisotopic (exact) mass is 290 g/mol. The van der Waals surface area contributed by atoms with Gasteiger partial charge in [-0.25, -0.2) is 9.59 Å². The first-order valence-electron chi connectivity index (χ1n) is 6.13. The van der Waals surface area contributed by atoms with Crippen LogP contribution in [0.25, 0.3) is 0 Å². The average Bonchev–Trinajstić information content (AvgIpc) is 2.84.